The van der Waals surface area contributed by atoms with Gasteiger partial charge in [-0.3, -0.25) is 9.78 Å². The first kappa shape index (κ1) is 12.0. The van der Waals surface area contributed by atoms with Gasteiger partial charge in [-0.15, -0.1) is 0 Å². The fourth-order valence-electron chi connectivity index (χ4n) is 1.68. The number of pyridine rings is 1. The van der Waals surface area contributed by atoms with Gasteiger partial charge in [0, 0.05) is 24.8 Å². The van der Waals surface area contributed by atoms with Crippen LogP contribution < -0.4 is 11.1 Å². The summed E-state index contributed by atoms with van der Waals surface area (Å²) in [5.41, 5.74) is 6.67. The first-order valence-electron chi connectivity index (χ1n) is 5.82. The molecule has 0 aromatic carbocycles. The molecule has 0 spiro atoms. The SMILES string of the molecule is NCc1cc(C(=O)NCC(O)C2CC2)ccn1. The van der Waals surface area contributed by atoms with Crippen LogP contribution in [0.15, 0.2) is 18.3 Å². The third-order valence-electron chi connectivity index (χ3n) is 2.93. The average molecular weight is 235 g/mol. The molecule has 1 heterocycles. The van der Waals surface area contributed by atoms with Crippen LogP contribution in [0.4, 0.5) is 0 Å². The van der Waals surface area contributed by atoms with Gasteiger partial charge in [0.25, 0.3) is 5.91 Å². The van der Waals surface area contributed by atoms with Crippen LogP contribution in [0, 0.1) is 5.92 Å². The highest BCUT2D eigenvalue weighted by Gasteiger charge is 2.29. The quantitative estimate of drug-likeness (QED) is 0.672. The van der Waals surface area contributed by atoms with Crippen molar-refractivity contribution in [2.45, 2.75) is 25.5 Å². The zero-order valence-corrected chi connectivity index (χ0v) is 9.60. The number of aliphatic hydroxyl groups excluding tert-OH is 1. The second kappa shape index (κ2) is 5.25. The van der Waals surface area contributed by atoms with Gasteiger partial charge in [-0.25, -0.2) is 0 Å². The molecule has 1 aliphatic rings. The smallest absolute Gasteiger partial charge is 0.251 e. The Balaban J connectivity index is 1.89. The van der Waals surface area contributed by atoms with Crippen LogP contribution in [0.25, 0.3) is 0 Å². The topological polar surface area (TPSA) is 88.2 Å². The summed E-state index contributed by atoms with van der Waals surface area (Å²) in [6.07, 6.45) is 3.26. The highest BCUT2D eigenvalue weighted by atomic mass is 16.3. The molecule has 1 fully saturated rings. The first-order chi connectivity index (χ1) is 8.20. The lowest BCUT2D eigenvalue weighted by molar-refractivity contribution is 0.0901. The molecular weight excluding hydrogens is 218 g/mol. The summed E-state index contributed by atoms with van der Waals surface area (Å²) in [6, 6.07) is 3.30. The Bertz CT molecular complexity index is 404. The molecule has 4 N–H and O–H groups in total. The molecule has 1 aromatic rings. The van der Waals surface area contributed by atoms with Crippen molar-refractivity contribution < 1.29 is 9.90 Å². The molecule has 1 atom stereocenters. The van der Waals surface area contributed by atoms with Gasteiger partial charge >= 0.3 is 0 Å². The van der Waals surface area contributed by atoms with Crippen molar-refractivity contribution in [3.8, 4) is 0 Å². The molecule has 17 heavy (non-hydrogen) atoms. The third kappa shape index (κ3) is 3.25. The van der Waals surface area contributed by atoms with Gasteiger partial charge in [0.15, 0.2) is 0 Å². The van der Waals surface area contributed by atoms with Crippen molar-refractivity contribution in [1.82, 2.24) is 10.3 Å². The number of amides is 1. The van der Waals surface area contributed by atoms with E-state index in [4.69, 9.17) is 5.73 Å². The van der Waals surface area contributed by atoms with E-state index in [1.54, 1.807) is 18.3 Å². The van der Waals surface area contributed by atoms with Crippen molar-refractivity contribution >= 4 is 5.91 Å². The molecular formula is C12H17N3O2. The highest BCUT2D eigenvalue weighted by molar-refractivity contribution is 5.94. The van der Waals surface area contributed by atoms with E-state index < -0.39 is 6.10 Å². The summed E-state index contributed by atoms with van der Waals surface area (Å²) in [4.78, 5) is 15.8. The van der Waals surface area contributed by atoms with Crippen LogP contribution in [0.5, 0.6) is 0 Å². The molecule has 5 heteroatoms. The van der Waals surface area contributed by atoms with E-state index in [9.17, 15) is 9.90 Å². The number of nitrogens with zero attached hydrogens (tertiary/aromatic N) is 1. The van der Waals surface area contributed by atoms with Crippen molar-refractivity contribution in [2.75, 3.05) is 6.54 Å². The molecule has 1 aliphatic carbocycles. The molecule has 5 nitrogen and oxygen atoms in total. The molecule has 0 radical (unpaired) electrons. The van der Waals surface area contributed by atoms with Crippen molar-refractivity contribution in [3.63, 3.8) is 0 Å². The Morgan fingerprint density at radius 2 is 2.41 bits per heavy atom. The van der Waals surface area contributed by atoms with Crippen LogP contribution in [0.1, 0.15) is 28.9 Å². The predicted molar refractivity (Wildman–Crippen MR) is 63.2 cm³/mol. The van der Waals surface area contributed by atoms with E-state index in [1.165, 1.54) is 0 Å². The van der Waals surface area contributed by atoms with Gasteiger partial charge in [0.1, 0.15) is 0 Å². The molecule has 1 unspecified atom stereocenters. The van der Waals surface area contributed by atoms with Crippen LogP contribution in [0.3, 0.4) is 0 Å². The number of nitrogens with one attached hydrogen (secondary N) is 1. The zero-order chi connectivity index (χ0) is 12.3. The number of carbonyl (C=O) groups excluding carboxylic acids is 1. The Labute approximate surface area is 100 Å². The van der Waals surface area contributed by atoms with Gasteiger partial charge < -0.3 is 16.2 Å². The third-order valence-corrected chi connectivity index (χ3v) is 2.93. The number of nitrogens with two attached hydrogens (primary N) is 1. The fraction of sp³-hybridized carbons (Fsp3) is 0.500. The summed E-state index contributed by atoms with van der Waals surface area (Å²) in [7, 11) is 0. The van der Waals surface area contributed by atoms with E-state index in [2.05, 4.69) is 10.3 Å². The van der Waals surface area contributed by atoms with E-state index >= 15 is 0 Å². The maximum absolute atomic E-state index is 11.8. The largest absolute Gasteiger partial charge is 0.391 e. The van der Waals surface area contributed by atoms with Crippen molar-refractivity contribution in [2.24, 2.45) is 11.7 Å². The Morgan fingerprint density at radius 3 is 3.06 bits per heavy atom. The number of carbonyl (C=O) groups is 1. The summed E-state index contributed by atoms with van der Waals surface area (Å²) < 4.78 is 0. The standard InChI is InChI=1S/C12H17N3O2/c13-6-10-5-9(3-4-14-10)12(17)15-7-11(16)8-1-2-8/h3-5,8,11,16H,1-2,6-7,13H2,(H,15,17). The molecule has 1 saturated carbocycles. The summed E-state index contributed by atoms with van der Waals surface area (Å²) in [6.45, 7) is 0.621. The van der Waals surface area contributed by atoms with Crippen molar-refractivity contribution in [3.05, 3.63) is 29.6 Å². The van der Waals surface area contributed by atoms with Crippen molar-refractivity contribution in [1.29, 1.82) is 0 Å². The van der Waals surface area contributed by atoms with Gasteiger partial charge in [0.2, 0.25) is 0 Å². The number of hydrogen-bond donors (Lipinski definition) is 3. The first-order valence-corrected chi connectivity index (χ1v) is 5.82. The molecule has 0 saturated heterocycles. The lowest BCUT2D eigenvalue weighted by atomic mass is 10.2. The lowest BCUT2D eigenvalue weighted by Gasteiger charge is -2.10. The second-order valence-corrected chi connectivity index (χ2v) is 4.35. The molecule has 1 amide bonds. The number of aromatic nitrogens is 1. The molecule has 0 bridgehead atoms. The average Bonchev–Trinajstić information content (AvgIpc) is 3.19. The van der Waals surface area contributed by atoms with Crippen LogP contribution >= 0.6 is 0 Å². The van der Waals surface area contributed by atoms with Crippen LogP contribution in [0.2, 0.25) is 0 Å². The predicted octanol–water partition coefficient (Wildman–Crippen LogP) is 0.0410. The summed E-state index contributed by atoms with van der Waals surface area (Å²) in [5, 5.41) is 12.4. The Hall–Kier alpha value is -1.46. The molecule has 1 aromatic heterocycles. The van der Waals surface area contributed by atoms with Crippen LogP contribution in [-0.4, -0.2) is 28.6 Å². The molecule has 92 valence electrons. The van der Waals surface area contributed by atoms with Gasteiger partial charge in [-0.2, -0.15) is 0 Å². The second-order valence-electron chi connectivity index (χ2n) is 4.35. The van der Waals surface area contributed by atoms with E-state index in [0.717, 1.165) is 12.8 Å². The number of aliphatic hydroxyl groups is 1. The summed E-state index contributed by atoms with van der Waals surface area (Å²) >= 11 is 0. The van der Waals surface area contributed by atoms with E-state index in [-0.39, 0.29) is 5.91 Å². The van der Waals surface area contributed by atoms with E-state index in [1.807, 2.05) is 0 Å². The Morgan fingerprint density at radius 1 is 1.65 bits per heavy atom. The molecule has 0 aliphatic heterocycles. The minimum Gasteiger partial charge on any atom is -0.391 e. The zero-order valence-electron chi connectivity index (χ0n) is 9.60. The number of rotatable bonds is 5. The maximum atomic E-state index is 11.8. The highest BCUT2D eigenvalue weighted by Crippen LogP contribution is 2.32. The van der Waals surface area contributed by atoms with Gasteiger partial charge in [-0.05, 0) is 30.9 Å². The molecule has 2 rings (SSSR count). The van der Waals surface area contributed by atoms with Gasteiger partial charge in [0.05, 0.1) is 11.8 Å². The minimum atomic E-state index is -0.422. The van der Waals surface area contributed by atoms with E-state index in [0.29, 0.717) is 30.3 Å². The Kier molecular flexibility index (Phi) is 3.71. The normalized spacial score (nSPS) is 16.6. The van der Waals surface area contributed by atoms with Crippen LogP contribution in [-0.2, 0) is 6.54 Å². The maximum Gasteiger partial charge on any atom is 0.251 e. The lowest BCUT2D eigenvalue weighted by Crippen LogP contribution is -2.33. The number of hydrogen-bond acceptors (Lipinski definition) is 4. The summed E-state index contributed by atoms with van der Waals surface area (Å²) in [5.74, 6) is 0.175. The monoisotopic (exact) mass is 235 g/mol. The minimum absolute atomic E-state index is 0.193. The fourth-order valence-corrected chi connectivity index (χ4v) is 1.68. The van der Waals surface area contributed by atoms with Gasteiger partial charge in [-0.1, -0.05) is 0 Å².